The number of hydrogen-bond donors (Lipinski definition) is 1. The average molecular weight is 343 g/mol. The number of ether oxygens (including phenoxy) is 1. The molecular weight excluding hydrogens is 329 g/mol. The van der Waals surface area contributed by atoms with Crippen molar-refractivity contribution in [3.63, 3.8) is 0 Å². The van der Waals surface area contributed by atoms with E-state index in [9.17, 15) is 14.3 Å². The topological polar surface area (TPSA) is 59.4 Å². The fraction of sp³-hybridized carbons (Fsp3) is 0.111. The standard InChI is InChI=1S/C18H14FNO3S/c1-10-7-12(8-11(2)16(10)21)15-9-20-17(24-15)18(22)23-14-5-3-13(19)4-6-14/h3-9,21H,1-2H3. The summed E-state index contributed by atoms with van der Waals surface area (Å²) in [5.41, 5.74) is 2.39. The molecule has 0 saturated carbocycles. The second kappa shape index (κ2) is 6.41. The van der Waals surface area contributed by atoms with Crippen molar-refractivity contribution in [2.75, 3.05) is 0 Å². The minimum Gasteiger partial charge on any atom is -0.507 e. The summed E-state index contributed by atoms with van der Waals surface area (Å²) in [6.45, 7) is 3.63. The molecule has 3 rings (SSSR count). The monoisotopic (exact) mass is 343 g/mol. The highest BCUT2D eigenvalue weighted by Crippen LogP contribution is 2.32. The van der Waals surface area contributed by atoms with Gasteiger partial charge in [-0.25, -0.2) is 14.2 Å². The molecule has 0 aliphatic carbocycles. The Kier molecular flexibility index (Phi) is 4.31. The molecule has 0 fully saturated rings. The zero-order valence-corrected chi connectivity index (χ0v) is 13.9. The summed E-state index contributed by atoms with van der Waals surface area (Å²) in [6, 6.07) is 8.88. The third-order valence-electron chi connectivity index (χ3n) is 3.48. The van der Waals surface area contributed by atoms with E-state index in [1.54, 1.807) is 6.20 Å². The van der Waals surface area contributed by atoms with Gasteiger partial charge in [-0.1, -0.05) is 0 Å². The number of thiazole rings is 1. The summed E-state index contributed by atoms with van der Waals surface area (Å²) in [5.74, 6) is -0.469. The zero-order chi connectivity index (χ0) is 17.3. The van der Waals surface area contributed by atoms with Crippen LogP contribution in [0.2, 0.25) is 0 Å². The lowest BCUT2D eigenvalue weighted by Crippen LogP contribution is -2.07. The summed E-state index contributed by atoms with van der Waals surface area (Å²) in [4.78, 5) is 17.0. The van der Waals surface area contributed by atoms with Gasteiger partial charge in [0, 0.05) is 6.20 Å². The Hall–Kier alpha value is -2.73. The van der Waals surface area contributed by atoms with Gasteiger partial charge in [0.1, 0.15) is 17.3 Å². The number of aromatic nitrogens is 1. The first-order valence-electron chi connectivity index (χ1n) is 7.18. The van der Waals surface area contributed by atoms with Gasteiger partial charge in [-0.15, -0.1) is 11.3 Å². The van der Waals surface area contributed by atoms with Crippen LogP contribution in [0, 0.1) is 19.7 Å². The number of benzene rings is 2. The average Bonchev–Trinajstić information content (AvgIpc) is 3.04. The quantitative estimate of drug-likeness (QED) is 0.562. The van der Waals surface area contributed by atoms with E-state index in [4.69, 9.17) is 4.74 Å². The van der Waals surface area contributed by atoms with E-state index in [1.807, 2.05) is 26.0 Å². The molecule has 0 atom stereocenters. The lowest BCUT2D eigenvalue weighted by atomic mass is 10.1. The molecule has 0 radical (unpaired) electrons. The molecule has 0 saturated heterocycles. The third kappa shape index (κ3) is 3.28. The highest BCUT2D eigenvalue weighted by atomic mass is 32.1. The van der Waals surface area contributed by atoms with Crippen molar-refractivity contribution in [3.8, 4) is 21.9 Å². The number of halogens is 1. The number of phenolic OH excluding ortho intramolecular Hbond substituents is 1. The highest BCUT2D eigenvalue weighted by molar-refractivity contribution is 7.16. The van der Waals surface area contributed by atoms with Crippen molar-refractivity contribution in [1.82, 2.24) is 4.98 Å². The van der Waals surface area contributed by atoms with Crippen LogP contribution in [0.25, 0.3) is 10.4 Å². The first-order valence-corrected chi connectivity index (χ1v) is 8.00. The van der Waals surface area contributed by atoms with Crippen molar-refractivity contribution in [2.45, 2.75) is 13.8 Å². The fourth-order valence-electron chi connectivity index (χ4n) is 2.25. The number of esters is 1. The van der Waals surface area contributed by atoms with E-state index in [0.717, 1.165) is 21.6 Å². The van der Waals surface area contributed by atoms with Gasteiger partial charge in [0.15, 0.2) is 0 Å². The molecular formula is C18H14FNO3S. The molecule has 3 aromatic rings. The Balaban J connectivity index is 1.82. The molecule has 2 aromatic carbocycles. The molecule has 0 unspecified atom stereocenters. The van der Waals surface area contributed by atoms with Gasteiger partial charge < -0.3 is 9.84 Å². The first-order chi connectivity index (χ1) is 11.4. The van der Waals surface area contributed by atoms with E-state index >= 15 is 0 Å². The zero-order valence-electron chi connectivity index (χ0n) is 13.0. The van der Waals surface area contributed by atoms with Gasteiger partial charge in [0.25, 0.3) is 0 Å². The normalized spacial score (nSPS) is 10.6. The molecule has 0 amide bonds. The molecule has 4 nitrogen and oxygen atoms in total. The fourth-order valence-corrected chi connectivity index (χ4v) is 3.03. The molecule has 122 valence electrons. The molecule has 1 heterocycles. The van der Waals surface area contributed by atoms with Gasteiger partial charge in [-0.05, 0) is 66.9 Å². The van der Waals surface area contributed by atoms with E-state index < -0.39 is 11.8 Å². The second-order valence-corrected chi connectivity index (χ2v) is 6.36. The highest BCUT2D eigenvalue weighted by Gasteiger charge is 2.15. The minimum absolute atomic E-state index is 0.206. The Morgan fingerprint density at radius 1 is 1.17 bits per heavy atom. The number of carbonyl (C=O) groups is 1. The Morgan fingerprint density at radius 3 is 2.42 bits per heavy atom. The molecule has 0 bridgehead atoms. The van der Waals surface area contributed by atoms with Crippen molar-refractivity contribution < 1.29 is 19.0 Å². The molecule has 1 N–H and O–H groups in total. The van der Waals surface area contributed by atoms with Gasteiger partial charge in [-0.2, -0.15) is 0 Å². The van der Waals surface area contributed by atoms with Crippen LogP contribution in [-0.4, -0.2) is 16.1 Å². The van der Waals surface area contributed by atoms with Crippen LogP contribution >= 0.6 is 11.3 Å². The number of carbonyl (C=O) groups excluding carboxylic acids is 1. The van der Waals surface area contributed by atoms with E-state index in [-0.39, 0.29) is 16.5 Å². The van der Waals surface area contributed by atoms with E-state index in [2.05, 4.69) is 4.98 Å². The van der Waals surface area contributed by atoms with Crippen LogP contribution in [-0.2, 0) is 0 Å². The molecule has 1 aromatic heterocycles. The van der Waals surface area contributed by atoms with Crippen molar-refractivity contribution in [1.29, 1.82) is 0 Å². The SMILES string of the molecule is Cc1cc(-c2cnc(C(=O)Oc3ccc(F)cc3)s2)cc(C)c1O. The number of aromatic hydroxyl groups is 1. The third-order valence-corrected chi connectivity index (χ3v) is 4.51. The second-order valence-electron chi connectivity index (χ2n) is 5.33. The van der Waals surface area contributed by atoms with Crippen LogP contribution in [0.3, 0.4) is 0 Å². The van der Waals surface area contributed by atoms with Crippen molar-refractivity contribution in [2.24, 2.45) is 0 Å². The van der Waals surface area contributed by atoms with Gasteiger partial charge >= 0.3 is 5.97 Å². The largest absolute Gasteiger partial charge is 0.507 e. The molecule has 6 heteroatoms. The van der Waals surface area contributed by atoms with Gasteiger partial charge in [0.05, 0.1) is 4.88 Å². The molecule has 0 aliphatic rings. The number of phenols is 1. The van der Waals surface area contributed by atoms with E-state index in [1.165, 1.54) is 35.6 Å². The van der Waals surface area contributed by atoms with Crippen LogP contribution in [0.1, 0.15) is 20.9 Å². The maximum Gasteiger partial charge on any atom is 0.372 e. The number of aryl methyl sites for hydroxylation is 2. The Labute approximate surface area is 142 Å². The first kappa shape index (κ1) is 16.1. The van der Waals surface area contributed by atoms with Crippen molar-refractivity contribution >= 4 is 17.3 Å². The lowest BCUT2D eigenvalue weighted by molar-refractivity contribution is 0.0734. The molecule has 0 aliphatic heterocycles. The summed E-state index contributed by atoms with van der Waals surface area (Å²) in [7, 11) is 0. The number of hydrogen-bond acceptors (Lipinski definition) is 5. The smallest absolute Gasteiger partial charge is 0.372 e. The molecule has 24 heavy (non-hydrogen) atoms. The summed E-state index contributed by atoms with van der Waals surface area (Å²) in [5, 5.41) is 10.0. The number of rotatable bonds is 3. The number of nitrogens with zero attached hydrogens (tertiary/aromatic N) is 1. The summed E-state index contributed by atoms with van der Waals surface area (Å²) >= 11 is 1.20. The predicted molar refractivity (Wildman–Crippen MR) is 90.0 cm³/mol. The Morgan fingerprint density at radius 2 is 1.79 bits per heavy atom. The van der Waals surface area contributed by atoms with Crippen LogP contribution in [0.4, 0.5) is 4.39 Å². The van der Waals surface area contributed by atoms with Gasteiger partial charge in [-0.3, -0.25) is 0 Å². The van der Waals surface area contributed by atoms with E-state index in [0.29, 0.717) is 0 Å². The predicted octanol–water partition coefficient (Wildman–Crippen LogP) is 4.49. The maximum absolute atomic E-state index is 12.9. The minimum atomic E-state index is -0.593. The van der Waals surface area contributed by atoms with Crippen LogP contribution in [0.5, 0.6) is 11.5 Å². The van der Waals surface area contributed by atoms with Gasteiger partial charge in [0.2, 0.25) is 5.01 Å². The van der Waals surface area contributed by atoms with Crippen LogP contribution in [0.15, 0.2) is 42.6 Å². The Bertz CT molecular complexity index is 880. The molecule has 0 spiro atoms. The van der Waals surface area contributed by atoms with Crippen LogP contribution < -0.4 is 4.74 Å². The maximum atomic E-state index is 12.9. The lowest BCUT2D eigenvalue weighted by Gasteiger charge is -2.05. The summed E-state index contributed by atoms with van der Waals surface area (Å²) in [6.07, 6.45) is 1.59. The summed E-state index contributed by atoms with van der Waals surface area (Å²) < 4.78 is 18.0. The van der Waals surface area contributed by atoms with Crippen molar-refractivity contribution in [3.05, 3.63) is 64.5 Å².